The van der Waals surface area contributed by atoms with Crippen LogP contribution in [0.2, 0.25) is 0 Å². The number of nitrogens with zero attached hydrogens (tertiary/aromatic N) is 2. The van der Waals surface area contributed by atoms with Crippen LogP contribution in [0.5, 0.6) is 0 Å². The van der Waals surface area contributed by atoms with Crippen molar-refractivity contribution in [3.8, 4) is 0 Å². The van der Waals surface area contributed by atoms with Gasteiger partial charge in [-0.2, -0.15) is 0 Å². The molecule has 5 heteroatoms. The molecule has 1 aromatic carbocycles. The van der Waals surface area contributed by atoms with Crippen LogP contribution in [0.15, 0.2) is 24.3 Å². The molecule has 0 aliphatic carbocycles. The van der Waals surface area contributed by atoms with Gasteiger partial charge in [-0.25, -0.2) is 0 Å². The fourth-order valence-electron chi connectivity index (χ4n) is 3.19. The number of hydrogen-bond acceptors (Lipinski definition) is 4. The van der Waals surface area contributed by atoms with Gasteiger partial charge >= 0.3 is 5.97 Å². The third kappa shape index (κ3) is 2.93. The number of anilines is 2. The molecule has 1 atom stereocenters. The number of ether oxygens (including phenoxy) is 1. The van der Waals surface area contributed by atoms with Gasteiger partial charge in [-0.05, 0) is 44.0 Å². The van der Waals surface area contributed by atoms with Crippen molar-refractivity contribution in [2.45, 2.75) is 26.2 Å². The van der Waals surface area contributed by atoms with Crippen LogP contribution >= 0.6 is 0 Å². The van der Waals surface area contributed by atoms with Crippen LogP contribution < -0.4 is 9.80 Å². The highest BCUT2D eigenvalue weighted by atomic mass is 16.5. The summed E-state index contributed by atoms with van der Waals surface area (Å²) < 4.78 is 5.02. The third-order valence-electron chi connectivity index (χ3n) is 4.38. The molecular weight excluding hydrogens is 280 g/mol. The maximum absolute atomic E-state index is 12.1. The Hall–Kier alpha value is -2.04. The van der Waals surface area contributed by atoms with Crippen LogP contribution in [0.3, 0.4) is 0 Å². The maximum atomic E-state index is 12.1. The topological polar surface area (TPSA) is 49.9 Å². The molecule has 0 radical (unpaired) electrons. The lowest BCUT2D eigenvalue weighted by atomic mass is 10.1. The molecule has 2 heterocycles. The second-order valence-corrected chi connectivity index (χ2v) is 5.87. The standard InChI is InChI=1S/C17H22N2O3/c1-2-22-17(21)13-11-16(20)19(12-13)15-7-5-14(6-8-15)18-9-3-4-10-18/h5-8,13H,2-4,9-12H2,1H3/t13-/m1/s1. The van der Waals surface area contributed by atoms with Gasteiger partial charge in [-0.3, -0.25) is 9.59 Å². The van der Waals surface area contributed by atoms with E-state index in [0.29, 0.717) is 13.2 Å². The average Bonchev–Trinajstić information content (AvgIpc) is 3.17. The predicted molar refractivity (Wildman–Crippen MR) is 85.0 cm³/mol. The van der Waals surface area contributed by atoms with E-state index in [2.05, 4.69) is 17.0 Å². The minimum absolute atomic E-state index is 0.00743. The number of rotatable bonds is 4. The second kappa shape index (κ2) is 6.38. The van der Waals surface area contributed by atoms with Gasteiger partial charge in [0, 0.05) is 37.4 Å². The first-order valence-electron chi connectivity index (χ1n) is 8.01. The van der Waals surface area contributed by atoms with E-state index in [0.717, 1.165) is 18.8 Å². The van der Waals surface area contributed by atoms with Gasteiger partial charge in [0.05, 0.1) is 12.5 Å². The van der Waals surface area contributed by atoms with E-state index in [1.54, 1.807) is 11.8 Å². The van der Waals surface area contributed by atoms with E-state index in [9.17, 15) is 9.59 Å². The number of benzene rings is 1. The molecular formula is C17H22N2O3. The van der Waals surface area contributed by atoms with Crippen molar-refractivity contribution < 1.29 is 14.3 Å². The van der Waals surface area contributed by atoms with Gasteiger partial charge in [-0.15, -0.1) is 0 Å². The molecule has 2 aliphatic heterocycles. The summed E-state index contributed by atoms with van der Waals surface area (Å²) >= 11 is 0. The zero-order valence-corrected chi connectivity index (χ0v) is 13.0. The highest BCUT2D eigenvalue weighted by molar-refractivity contribution is 5.99. The van der Waals surface area contributed by atoms with Crippen molar-refractivity contribution in [2.24, 2.45) is 5.92 Å². The molecule has 0 saturated carbocycles. The first-order valence-corrected chi connectivity index (χ1v) is 8.01. The summed E-state index contributed by atoms with van der Waals surface area (Å²) in [6.07, 6.45) is 2.73. The zero-order chi connectivity index (χ0) is 15.5. The van der Waals surface area contributed by atoms with Crippen molar-refractivity contribution in [1.29, 1.82) is 0 Å². The number of carbonyl (C=O) groups is 2. The van der Waals surface area contributed by atoms with Crippen LogP contribution in [-0.4, -0.2) is 38.1 Å². The molecule has 2 fully saturated rings. The van der Waals surface area contributed by atoms with Crippen LogP contribution in [0.25, 0.3) is 0 Å². The van der Waals surface area contributed by atoms with Crippen molar-refractivity contribution in [2.75, 3.05) is 36.0 Å². The molecule has 0 unspecified atom stereocenters. The quantitative estimate of drug-likeness (QED) is 0.800. The summed E-state index contributed by atoms with van der Waals surface area (Å²) in [6, 6.07) is 8.06. The summed E-state index contributed by atoms with van der Waals surface area (Å²) in [5.74, 6) is -0.621. The van der Waals surface area contributed by atoms with Crippen LogP contribution in [-0.2, 0) is 14.3 Å². The minimum atomic E-state index is -0.342. The summed E-state index contributed by atoms with van der Waals surface area (Å²) in [5.41, 5.74) is 2.06. The largest absolute Gasteiger partial charge is 0.466 e. The van der Waals surface area contributed by atoms with Gasteiger partial charge in [-0.1, -0.05) is 0 Å². The van der Waals surface area contributed by atoms with Gasteiger partial charge < -0.3 is 14.5 Å². The molecule has 3 rings (SSSR count). The van der Waals surface area contributed by atoms with Crippen molar-refractivity contribution in [3.05, 3.63) is 24.3 Å². The molecule has 2 aliphatic rings. The lowest BCUT2D eigenvalue weighted by molar-refractivity contribution is -0.147. The average molecular weight is 302 g/mol. The van der Waals surface area contributed by atoms with E-state index in [1.807, 2.05) is 12.1 Å². The van der Waals surface area contributed by atoms with Crippen LogP contribution in [0.1, 0.15) is 26.2 Å². The third-order valence-corrected chi connectivity index (χ3v) is 4.38. The first kappa shape index (κ1) is 14.9. The minimum Gasteiger partial charge on any atom is -0.466 e. The van der Waals surface area contributed by atoms with Crippen molar-refractivity contribution >= 4 is 23.3 Å². The molecule has 1 aromatic rings. The number of esters is 1. The lowest BCUT2D eigenvalue weighted by Crippen LogP contribution is -2.26. The van der Waals surface area contributed by atoms with E-state index in [1.165, 1.54) is 18.5 Å². The Morgan fingerprint density at radius 3 is 2.45 bits per heavy atom. The Balaban J connectivity index is 1.68. The Morgan fingerprint density at radius 1 is 1.18 bits per heavy atom. The summed E-state index contributed by atoms with van der Waals surface area (Å²) in [5, 5.41) is 0. The monoisotopic (exact) mass is 302 g/mol. The van der Waals surface area contributed by atoms with Gasteiger partial charge in [0.2, 0.25) is 5.91 Å². The van der Waals surface area contributed by atoms with Gasteiger partial charge in [0.15, 0.2) is 0 Å². The van der Waals surface area contributed by atoms with Crippen LogP contribution in [0.4, 0.5) is 11.4 Å². The van der Waals surface area contributed by atoms with E-state index < -0.39 is 0 Å². The highest BCUT2D eigenvalue weighted by Gasteiger charge is 2.36. The Morgan fingerprint density at radius 2 is 1.82 bits per heavy atom. The summed E-state index contributed by atoms with van der Waals surface area (Å²) in [4.78, 5) is 28.0. The predicted octanol–water partition coefficient (Wildman–Crippen LogP) is 2.20. The van der Waals surface area contributed by atoms with Crippen molar-refractivity contribution in [1.82, 2.24) is 0 Å². The van der Waals surface area contributed by atoms with E-state index in [4.69, 9.17) is 4.74 Å². The summed E-state index contributed by atoms with van der Waals surface area (Å²) in [6.45, 7) is 4.76. The number of amides is 1. The van der Waals surface area contributed by atoms with Crippen molar-refractivity contribution in [3.63, 3.8) is 0 Å². The Bertz CT molecular complexity index is 550. The number of carbonyl (C=O) groups excluding carboxylic acids is 2. The zero-order valence-electron chi connectivity index (χ0n) is 13.0. The fourth-order valence-corrected chi connectivity index (χ4v) is 3.19. The lowest BCUT2D eigenvalue weighted by Gasteiger charge is -2.20. The highest BCUT2D eigenvalue weighted by Crippen LogP contribution is 2.28. The Kier molecular flexibility index (Phi) is 4.32. The Labute approximate surface area is 130 Å². The normalized spacial score (nSPS) is 21.5. The molecule has 2 saturated heterocycles. The van der Waals surface area contributed by atoms with E-state index in [-0.39, 0.29) is 24.2 Å². The molecule has 0 aromatic heterocycles. The van der Waals surface area contributed by atoms with Gasteiger partial charge in [0.25, 0.3) is 0 Å². The SMILES string of the molecule is CCOC(=O)[C@@H]1CC(=O)N(c2ccc(N3CCCC3)cc2)C1. The van der Waals surface area contributed by atoms with Crippen LogP contribution in [0, 0.1) is 5.92 Å². The first-order chi connectivity index (χ1) is 10.7. The second-order valence-electron chi connectivity index (χ2n) is 5.87. The number of hydrogen-bond donors (Lipinski definition) is 0. The fraction of sp³-hybridized carbons (Fsp3) is 0.529. The molecule has 22 heavy (non-hydrogen) atoms. The summed E-state index contributed by atoms with van der Waals surface area (Å²) in [7, 11) is 0. The van der Waals surface area contributed by atoms with Gasteiger partial charge in [0.1, 0.15) is 0 Å². The molecule has 0 spiro atoms. The van der Waals surface area contributed by atoms with E-state index >= 15 is 0 Å². The molecule has 0 bridgehead atoms. The molecule has 5 nitrogen and oxygen atoms in total. The molecule has 118 valence electrons. The molecule has 0 N–H and O–H groups in total. The maximum Gasteiger partial charge on any atom is 0.311 e. The molecule has 1 amide bonds. The smallest absolute Gasteiger partial charge is 0.311 e.